The Morgan fingerprint density at radius 2 is 1.52 bits per heavy atom. The number of benzene rings is 1. The number of carbonyl (C=O) groups is 1. The van der Waals surface area contributed by atoms with E-state index in [0.717, 1.165) is 30.5 Å². The van der Waals surface area contributed by atoms with Crippen LogP contribution in [-0.2, 0) is 4.79 Å². The molecule has 0 saturated heterocycles. The average Bonchev–Trinajstić information content (AvgIpc) is 2.59. The third-order valence-corrected chi connectivity index (χ3v) is 4.01. The van der Waals surface area contributed by atoms with Crippen molar-refractivity contribution in [2.75, 3.05) is 0 Å². The normalized spacial score (nSPS) is 11.5. The van der Waals surface area contributed by atoms with Crippen molar-refractivity contribution in [2.45, 2.75) is 78.1 Å². The van der Waals surface area contributed by atoms with Crippen LogP contribution in [-0.4, -0.2) is 11.6 Å². The fraction of sp³-hybridized carbons (Fsp3) is 0.600. The highest BCUT2D eigenvalue weighted by Gasteiger charge is 2.03. The fourth-order valence-electron chi connectivity index (χ4n) is 2.58. The van der Waals surface area contributed by atoms with Gasteiger partial charge in [0.05, 0.1) is 5.71 Å². The molecular weight excluding hydrogens is 284 g/mol. The van der Waals surface area contributed by atoms with Gasteiger partial charge >= 0.3 is 0 Å². The van der Waals surface area contributed by atoms with E-state index in [9.17, 15) is 4.79 Å². The van der Waals surface area contributed by atoms with Crippen molar-refractivity contribution in [3.8, 4) is 0 Å². The Hall–Kier alpha value is -1.64. The van der Waals surface area contributed by atoms with Gasteiger partial charge in [-0.25, -0.2) is 5.43 Å². The van der Waals surface area contributed by atoms with Gasteiger partial charge < -0.3 is 0 Å². The minimum absolute atomic E-state index is 0.0258. The molecule has 23 heavy (non-hydrogen) atoms. The van der Waals surface area contributed by atoms with Gasteiger partial charge in [-0.1, -0.05) is 89.1 Å². The van der Waals surface area contributed by atoms with Crippen molar-refractivity contribution < 1.29 is 4.79 Å². The maximum Gasteiger partial charge on any atom is 0.240 e. The van der Waals surface area contributed by atoms with Crippen LogP contribution in [0.5, 0.6) is 0 Å². The fourth-order valence-corrected chi connectivity index (χ4v) is 2.58. The number of nitrogens with zero attached hydrogens (tertiary/aromatic N) is 1. The quantitative estimate of drug-likeness (QED) is 0.311. The van der Waals surface area contributed by atoms with E-state index in [0.29, 0.717) is 6.42 Å². The number of hydrogen-bond donors (Lipinski definition) is 1. The largest absolute Gasteiger partial charge is 0.273 e. The monoisotopic (exact) mass is 316 g/mol. The second-order valence-electron chi connectivity index (χ2n) is 6.04. The summed E-state index contributed by atoms with van der Waals surface area (Å²) in [6.07, 6.45) is 11.4. The van der Waals surface area contributed by atoms with Gasteiger partial charge in [0.2, 0.25) is 5.91 Å². The Kier molecular flexibility index (Phi) is 10.9. The number of carbonyl (C=O) groups excluding carboxylic acids is 1. The van der Waals surface area contributed by atoms with E-state index < -0.39 is 0 Å². The molecule has 1 rings (SSSR count). The van der Waals surface area contributed by atoms with Crippen molar-refractivity contribution in [2.24, 2.45) is 5.10 Å². The lowest BCUT2D eigenvalue weighted by atomic mass is 10.1. The van der Waals surface area contributed by atoms with Crippen LogP contribution < -0.4 is 5.43 Å². The third-order valence-electron chi connectivity index (χ3n) is 4.01. The highest BCUT2D eigenvalue weighted by Crippen LogP contribution is 2.09. The highest BCUT2D eigenvalue weighted by molar-refractivity contribution is 6.00. The van der Waals surface area contributed by atoms with Crippen LogP contribution >= 0.6 is 0 Å². The Morgan fingerprint density at radius 3 is 2.13 bits per heavy atom. The van der Waals surface area contributed by atoms with E-state index in [1.165, 1.54) is 38.5 Å². The van der Waals surface area contributed by atoms with Gasteiger partial charge in [0.1, 0.15) is 0 Å². The van der Waals surface area contributed by atoms with Crippen molar-refractivity contribution in [1.82, 2.24) is 5.43 Å². The second-order valence-corrected chi connectivity index (χ2v) is 6.04. The van der Waals surface area contributed by atoms with Gasteiger partial charge in [0.15, 0.2) is 0 Å². The van der Waals surface area contributed by atoms with E-state index >= 15 is 0 Å². The lowest BCUT2D eigenvalue weighted by Gasteiger charge is -2.05. The molecule has 3 heteroatoms. The predicted octanol–water partition coefficient (Wildman–Crippen LogP) is 5.45. The van der Waals surface area contributed by atoms with Crippen LogP contribution in [0, 0.1) is 0 Å². The van der Waals surface area contributed by atoms with E-state index in [1.807, 2.05) is 30.3 Å². The van der Waals surface area contributed by atoms with E-state index in [1.54, 1.807) is 0 Å². The van der Waals surface area contributed by atoms with Gasteiger partial charge in [-0.15, -0.1) is 0 Å². The maximum atomic E-state index is 11.9. The van der Waals surface area contributed by atoms with Crippen LogP contribution in [0.25, 0.3) is 0 Å². The molecule has 0 aliphatic heterocycles. The maximum absolute atomic E-state index is 11.9. The molecule has 0 aliphatic rings. The van der Waals surface area contributed by atoms with E-state index in [2.05, 4.69) is 24.4 Å². The Balaban J connectivity index is 2.17. The van der Waals surface area contributed by atoms with Crippen LogP contribution in [0.15, 0.2) is 35.4 Å². The van der Waals surface area contributed by atoms with Gasteiger partial charge in [-0.2, -0.15) is 5.10 Å². The van der Waals surface area contributed by atoms with Crippen LogP contribution in [0.4, 0.5) is 0 Å². The molecule has 1 amide bonds. The summed E-state index contributed by atoms with van der Waals surface area (Å²) in [6.45, 7) is 4.29. The topological polar surface area (TPSA) is 41.5 Å². The van der Waals surface area contributed by atoms with Gasteiger partial charge in [-0.05, 0) is 18.4 Å². The molecule has 0 fully saturated rings. The predicted molar refractivity (Wildman–Crippen MR) is 98.6 cm³/mol. The van der Waals surface area contributed by atoms with Crippen molar-refractivity contribution in [3.05, 3.63) is 35.9 Å². The molecule has 1 aromatic rings. The summed E-state index contributed by atoms with van der Waals surface area (Å²) in [7, 11) is 0. The zero-order chi connectivity index (χ0) is 16.8. The Morgan fingerprint density at radius 1 is 0.913 bits per heavy atom. The molecule has 1 aromatic carbocycles. The first kappa shape index (κ1) is 19.4. The van der Waals surface area contributed by atoms with Crippen molar-refractivity contribution in [3.63, 3.8) is 0 Å². The van der Waals surface area contributed by atoms with Crippen molar-refractivity contribution >= 4 is 11.6 Å². The molecule has 0 unspecified atom stereocenters. The van der Waals surface area contributed by atoms with Crippen LogP contribution in [0.1, 0.15) is 83.6 Å². The minimum Gasteiger partial charge on any atom is -0.273 e. The average molecular weight is 316 g/mol. The second kappa shape index (κ2) is 12.9. The first-order chi connectivity index (χ1) is 11.3. The van der Waals surface area contributed by atoms with Gasteiger partial charge in [0.25, 0.3) is 0 Å². The summed E-state index contributed by atoms with van der Waals surface area (Å²) in [5.41, 5.74) is 4.70. The SMILES string of the molecule is CCCCCCCCCCC(=O)NN=C(CC)c1ccccc1. The Labute approximate surface area is 141 Å². The van der Waals surface area contributed by atoms with Crippen LogP contribution in [0.2, 0.25) is 0 Å². The summed E-state index contributed by atoms with van der Waals surface area (Å²) in [6, 6.07) is 10.0. The molecule has 0 radical (unpaired) electrons. The Bertz CT molecular complexity index is 454. The molecular formula is C20H32N2O. The molecule has 0 atom stereocenters. The molecule has 0 aliphatic carbocycles. The van der Waals surface area contributed by atoms with Crippen molar-refractivity contribution in [1.29, 1.82) is 0 Å². The van der Waals surface area contributed by atoms with Crippen LogP contribution in [0.3, 0.4) is 0 Å². The molecule has 0 heterocycles. The molecule has 0 bridgehead atoms. The number of amides is 1. The summed E-state index contributed by atoms with van der Waals surface area (Å²) in [5, 5.41) is 4.28. The summed E-state index contributed by atoms with van der Waals surface area (Å²) >= 11 is 0. The number of nitrogens with one attached hydrogen (secondary N) is 1. The first-order valence-corrected chi connectivity index (χ1v) is 9.18. The molecule has 0 aromatic heterocycles. The molecule has 128 valence electrons. The molecule has 0 spiro atoms. The number of unbranched alkanes of at least 4 members (excludes halogenated alkanes) is 7. The minimum atomic E-state index is 0.0258. The lowest BCUT2D eigenvalue weighted by Crippen LogP contribution is -2.19. The number of rotatable bonds is 12. The van der Waals surface area contributed by atoms with Gasteiger partial charge in [0, 0.05) is 6.42 Å². The van der Waals surface area contributed by atoms with E-state index in [4.69, 9.17) is 0 Å². The summed E-state index contributed by atoms with van der Waals surface area (Å²) < 4.78 is 0. The van der Waals surface area contributed by atoms with Gasteiger partial charge in [-0.3, -0.25) is 4.79 Å². The molecule has 3 nitrogen and oxygen atoms in total. The summed E-state index contributed by atoms with van der Waals surface area (Å²) in [5.74, 6) is 0.0258. The molecule has 1 N–H and O–H groups in total. The first-order valence-electron chi connectivity index (χ1n) is 9.18. The van der Waals surface area contributed by atoms with E-state index in [-0.39, 0.29) is 5.91 Å². The summed E-state index contributed by atoms with van der Waals surface area (Å²) in [4.78, 5) is 11.9. The standard InChI is InChI=1S/C20H32N2O/c1-3-5-6-7-8-9-10-14-17-20(23)22-21-19(4-2)18-15-12-11-13-16-18/h11-13,15-16H,3-10,14,17H2,1-2H3,(H,22,23). The number of hydrogen-bond acceptors (Lipinski definition) is 2. The lowest BCUT2D eigenvalue weighted by molar-refractivity contribution is -0.121. The number of hydrazone groups is 1. The highest BCUT2D eigenvalue weighted by atomic mass is 16.2. The molecule has 0 saturated carbocycles. The smallest absolute Gasteiger partial charge is 0.240 e. The zero-order valence-electron chi connectivity index (χ0n) is 14.8. The third kappa shape index (κ3) is 9.17. The zero-order valence-corrected chi connectivity index (χ0v) is 14.8.